The first kappa shape index (κ1) is 18.0. The predicted octanol–water partition coefficient (Wildman–Crippen LogP) is 2.76. The summed E-state index contributed by atoms with van der Waals surface area (Å²) >= 11 is 0. The lowest BCUT2D eigenvalue weighted by Gasteiger charge is -2.14. The molecule has 0 aromatic heterocycles. The largest absolute Gasteiger partial charge is 0.508 e. The van der Waals surface area contributed by atoms with Crippen LogP contribution in [0.25, 0.3) is 11.1 Å². The number of carbonyl (C=O) groups is 1. The van der Waals surface area contributed by atoms with Crippen molar-refractivity contribution in [1.29, 1.82) is 0 Å². The number of carbonyl (C=O) groups excluding carboxylic acids is 1. The number of hydrogen-bond acceptors (Lipinski definition) is 4. The fourth-order valence-electron chi connectivity index (χ4n) is 2.56. The first-order valence-electron chi connectivity index (χ1n) is 8.18. The van der Waals surface area contributed by atoms with E-state index >= 15 is 0 Å². The van der Waals surface area contributed by atoms with Gasteiger partial charge in [0.25, 0.3) is 0 Å². The lowest BCUT2D eigenvalue weighted by Crippen LogP contribution is -2.35. The highest BCUT2D eigenvalue weighted by atomic mass is 16.3. The van der Waals surface area contributed by atoms with Gasteiger partial charge >= 0.3 is 0 Å². The maximum Gasteiger partial charge on any atom is 0.241 e. The van der Waals surface area contributed by atoms with Gasteiger partial charge in [0.05, 0.1) is 6.04 Å². The van der Waals surface area contributed by atoms with E-state index < -0.39 is 6.04 Å². The number of benzene rings is 2. The summed E-state index contributed by atoms with van der Waals surface area (Å²) in [6.07, 6.45) is 2.33. The molecule has 0 spiro atoms. The van der Waals surface area contributed by atoms with Crippen molar-refractivity contribution in [2.24, 2.45) is 11.5 Å². The molecule has 0 unspecified atom stereocenters. The summed E-state index contributed by atoms with van der Waals surface area (Å²) in [7, 11) is 0. The van der Waals surface area contributed by atoms with Crippen LogP contribution in [0.2, 0.25) is 0 Å². The van der Waals surface area contributed by atoms with E-state index in [4.69, 9.17) is 11.5 Å². The molecule has 2 aromatic rings. The summed E-state index contributed by atoms with van der Waals surface area (Å²) in [6, 6.07) is 12.2. The van der Waals surface area contributed by atoms with Gasteiger partial charge in [-0.1, -0.05) is 24.6 Å². The van der Waals surface area contributed by atoms with Gasteiger partial charge in [0.15, 0.2) is 0 Å². The number of rotatable bonds is 7. The number of nitrogens with two attached hydrogens (primary N) is 2. The number of aromatic hydroxyl groups is 1. The number of unbranched alkanes of at least 4 members (excludes halogenated alkanes) is 1. The second-order valence-corrected chi connectivity index (χ2v) is 5.96. The minimum absolute atomic E-state index is 0.197. The fraction of sp³-hybridized carbons (Fsp3) is 0.316. The van der Waals surface area contributed by atoms with Crippen molar-refractivity contribution < 1.29 is 9.90 Å². The zero-order valence-corrected chi connectivity index (χ0v) is 14.0. The molecule has 1 atom stereocenters. The van der Waals surface area contributed by atoms with Gasteiger partial charge in [0.1, 0.15) is 5.75 Å². The molecule has 0 fully saturated rings. The molecule has 1 amide bonds. The Bertz CT molecular complexity index is 701. The predicted molar refractivity (Wildman–Crippen MR) is 97.8 cm³/mol. The average molecular weight is 327 g/mol. The Morgan fingerprint density at radius 3 is 2.71 bits per heavy atom. The van der Waals surface area contributed by atoms with E-state index in [0.29, 0.717) is 18.7 Å². The summed E-state index contributed by atoms with van der Waals surface area (Å²) in [4.78, 5) is 12.2. The Morgan fingerprint density at radius 2 is 2.00 bits per heavy atom. The summed E-state index contributed by atoms with van der Waals surface area (Å²) in [5.41, 5.74) is 15.0. The standard InChI is InChI=1S/C19H25N3O2/c1-13-8-9-15(22-19(24)18(21)7-2-3-10-20)12-17(13)14-5-4-6-16(23)11-14/h4-6,8-9,11-12,18,23H,2-3,7,10,20-21H2,1H3,(H,22,24)/t18-/m0/s1. The van der Waals surface area contributed by atoms with Crippen molar-refractivity contribution >= 4 is 11.6 Å². The molecule has 0 aliphatic heterocycles. The van der Waals surface area contributed by atoms with E-state index in [1.165, 1.54) is 0 Å². The normalized spacial score (nSPS) is 12.0. The molecule has 5 heteroatoms. The minimum atomic E-state index is -0.540. The Kier molecular flexibility index (Phi) is 6.35. The Balaban J connectivity index is 2.12. The average Bonchev–Trinajstić information content (AvgIpc) is 2.56. The fourth-order valence-corrected chi connectivity index (χ4v) is 2.56. The van der Waals surface area contributed by atoms with Crippen molar-refractivity contribution in [3.05, 3.63) is 48.0 Å². The van der Waals surface area contributed by atoms with E-state index in [0.717, 1.165) is 29.5 Å². The van der Waals surface area contributed by atoms with Gasteiger partial charge in [0.2, 0.25) is 5.91 Å². The van der Waals surface area contributed by atoms with Crippen LogP contribution in [0.15, 0.2) is 42.5 Å². The zero-order chi connectivity index (χ0) is 17.5. The molecule has 6 N–H and O–H groups in total. The number of amides is 1. The van der Waals surface area contributed by atoms with E-state index in [2.05, 4.69) is 5.32 Å². The number of phenols is 1. The summed E-state index contributed by atoms with van der Waals surface area (Å²) in [5.74, 6) is 0.0148. The van der Waals surface area contributed by atoms with Crippen LogP contribution >= 0.6 is 0 Å². The molecule has 0 aliphatic carbocycles. The van der Waals surface area contributed by atoms with Crippen molar-refractivity contribution in [3.8, 4) is 16.9 Å². The summed E-state index contributed by atoms with van der Waals surface area (Å²) < 4.78 is 0. The number of phenolic OH excluding ortho intramolecular Hbond substituents is 1. The molecular formula is C19H25N3O2. The molecule has 5 nitrogen and oxygen atoms in total. The van der Waals surface area contributed by atoms with E-state index in [1.807, 2.05) is 31.2 Å². The van der Waals surface area contributed by atoms with Gasteiger partial charge in [-0.3, -0.25) is 4.79 Å². The second kappa shape index (κ2) is 8.47. The zero-order valence-electron chi connectivity index (χ0n) is 14.0. The summed E-state index contributed by atoms with van der Waals surface area (Å²) in [5, 5.41) is 12.5. The first-order valence-corrected chi connectivity index (χ1v) is 8.18. The van der Waals surface area contributed by atoms with Crippen LogP contribution in [0.3, 0.4) is 0 Å². The molecule has 2 aromatic carbocycles. The molecule has 24 heavy (non-hydrogen) atoms. The molecule has 0 radical (unpaired) electrons. The lowest BCUT2D eigenvalue weighted by molar-refractivity contribution is -0.117. The molecule has 0 heterocycles. The molecule has 0 saturated heterocycles. The smallest absolute Gasteiger partial charge is 0.241 e. The SMILES string of the molecule is Cc1ccc(NC(=O)[C@@H](N)CCCCN)cc1-c1cccc(O)c1. The number of nitrogens with one attached hydrogen (secondary N) is 1. The van der Waals surface area contributed by atoms with Crippen molar-refractivity contribution in [3.63, 3.8) is 0 Å². The van der Waals surface area contributed by atoms with Gasteiger partial charge in [-0.2, -0.15) is 0 Å². The van der Waals surface area contributed by atoms with E-state index in [1.54, 1.807) is 18.2 Å². The van der Waals surface area contributed by atoms with Crippen molar-refractivity contribution in [2.45, 2.75) is 32.2 Å². The first-order chi connectivity index (χ1) is 11.5. The van der Waals surface area contributed by atoms with Crippen LogP contribution in [0.5, 0.6) is 5.75 Å². The van der Waals surface area contributed by atoms with Gasteiger partial charge in [0, 0.05) is 5.69 Å². The Labute approximate surface area is 142 Å². The minimum Gasteiger partial charge on any atom is -0.508 e. The molecule has 0 bridgehead atoms. The van der Waals surface area contributed by atoms with Crippen LogP contribution in [0, 0.1) is 6.92 Å². The highest BCUT2D eigenvalue weighted by Gasteiger charge is 2.14. The molecular weight excluding hydrogens is 302 g/mol. The Hall–Kier alpha value is -2.37. The molecule has 0 aliphatic rings. The highest BCUT2D eigenvalue weighted by molar-refractivity contribution is 5.95. The molecule has 128 valence electrons. The molecule has 2 rings (SSSR count). The quantitative estimate of drug-likeness (QED) is 0.587. The number of hydrogen-bond donors (Lipinski definition) is 4. The van der Waals surface area contributed by atoms with E-state index in [9.17, 15) is 9.90 Å². The van der Waals surface area contributed by atoms with Crippen LogP contribution in [0.4, 0.5) is 5.69 Å². The number of aryl methyl sites for hydroxylation is 1. The lowest BCUT2D eigenvalue weighted by atomic mass is 9.99. The third-order valence-electron chi connectivity index (χ3n) is 3.97. The van der Waals surface area contributed by atoms with Gasteiger partial charge < -0.3 is 21.9 Å². The van der Waals surface area contributed by atoms with Crippen molar-refractivity contribution in [1.82, 2.24) is 0 Å². The van der Waals surface area contributed by atoms with Gasteiger partial charge in [-0.15, -0.1) is 0 Å². The van der Waals surface area contributed by atoms with Crippen LogP contribution in [-0.2, 0) is 4.79 Å². The maximum atomic E-state index is 12.2. The van der Waals surface area contributed by atoms with Crippen LogP contribution in [-0.4, -0.2) is 23.6 Å². The molecule has 0 saturated carbocycles. The van der Waals surface area contributed by atoms with E-state index in [-0.39, 0.29) is 11.7 Å². The highest BCUT2D eigenvalue weighted by Crippen LogP contribution is 2.28. The van der Waals surface area contributed by atoms with Crippen LogP contribution < -0.4 is 16.8 Å². The number of anilines is 1. The third kappa shape index (κ3) is 4.81. The third-order valence-corrected chi connectivity index (χ3v) is 3.97. The van der Waals surface area contributed by atoms with Gasteiger partial charge in [-0.05, 0) is 67.3 Å². The topological polar surface area (TPSA) is 101 Å². The maximum absolute atomic E-state index is 12.2. The van der Waals surface area contributed by atoms with Gasteiger partial charge in [-0.25, -0.2) is 0 Å². The van der Waals surface area contributed by atoms with Crippen LogP contribution in [0.1, 0.15) is 24.8 Å². The Morgan fingerprint density at radius 1 is 1.21 bits per heavy atom. The monoisotopic (exact) mass is 327 g/mol. The van der Waals surface area contributed by atoms with Crippen molar-refractivity contribution in [2.75, 3.05) is 11.9 Å². The summed E-state index contributed by atoms with van der Waals surface area (Å²) in [6.45, 7) is 2.60. The second-order valence-electron chi connectivity index (χ2n) is 5.96.